The second kappa shape index (κ2) is 8.75. The summed E-state index contributed by atoms with van der Waals surface area (Å²) in [7, 11) is 1.39. The van der Waals surface area contributed by atoms with Gasteiger partial charge in [0.2, 0.25) is 11.8 Å². The van der Waals surface area contributed by atoms with Crippen LogP contribution in [0.25, 0.3) is 0 Å². The number of nitrogens with one attached hydrogen (secondary N) is 1. The van der Waals surface area contributed by atoms with E-state index in [2.05, 4.69) is 12.2 Å². The standard InChI is InChI=1S/C12H16N2O3.C9H10O/c1-12(8-6-4-3-5-7-8)9(15)13-11(17)14(2)10(12)16;1-2-8-3-5-9(7-10)6-4-8/h6H,3-5,7H2,1-2H3,(H,13,15,17);3-7H,2H2,1H3. The van der Waals surface area contributed by atoms with Crippen molar-refractivity contribution in [2.24, 2.45) is 5.41 Å². The topological polar surface area (TPSA) is 83.6 Å². The number of hydrogen-bond acceptors (Lipinski definition) is 4. The molecule has 1 fully saturated rings. The molecule has 1 aromatic carbocycles. The van der Waals surface area contributed by atoms with Crippen molar-refractivity contribution in [3.05, 3.63) is 47.0 Å². The summed E-state index contributed by atoms with van der Waals surface area (Å²) in [6.45, 7) is 3.70. The van der Waals surface area contributed by atoms with E-state index in [1.54, 1.807) is 6.92 Å². The third-order valence-corrected chi connectivity index (χ3v) is 5.17. The summed E-state index contributed by atoms with van der Waals surface area (Å²) < 4.78 is 0. The van der Waals surface area contributed by atoms with Crippen LogP contribution in [0, 0.1) is 5.41 Å². The van der Waals surface area contributed by atoms with E-state index in [9.17, 15) is 19.2 Å². The molecule has 0 spiro atoms. The zero-order chi connectivity index (χ0) is 20.0. The van der Waals surface area contributed by atoms with Gasteiger partial charge < -0.3 is 0 Å². The second-order valence-corrected chi connectivity index (χ2v) is 6.94. The Labute approximate surface area is 159 Å². The third-order valence-electron chi connectivity index (χ3n) is 5.17. The first-order chi connectivity index (χ1) is 12.8. The Bertz CT molecular complexity index is 767. The van der Waals surface area contributed by atoms with Crippen LogP contribution in [0.4, 0.5) is 4.79 Å². The molecule has 0 aromatic heterocycles. The lowest BCUT2D eigenvalue weighted by Crippen LogP contribution is -2.62. The van der Waals surface area contributed by atoms with Crippen molar-refractivity contribution >= 4 is 24.1 Å². The highest BCUT2D eigenvalue weighted by Gasteiger charge is 2.51. The average Bonchev–Trinajstić information content (AvgIpc) is 2.72. The van der Waals surface area contributed by atoms with Gasteiger partial charge in [0.05, 0.1) is 0 Å². The van der Waals surface area contributed by atoms with Gasteiger partial charge in [-0.15, -0.1) is 0 Å². The number of imide groups is 2. The molecular formula is C21H26N2O4. The van der Waals surface area contributed by atoms with E-state index in [1.165, 1.54) is 12.6 Å². The van der Waals surface area contributed by atoms with E-state index < -0.39 is 23.3 Å². The first kappa shape index (κ1) is 20.6. The maximum atomic E-state index is 12.2. The fraction of sp³-hybridized carbons (Fsp3) is 0.429. The molecule has 1 aliphatic heterocycles. The van der Waals surface area contributed by atoms with Gasteiger partial charge in [-0.2, -0.15) is 0 Å². The van der Waals surface area contributed by atoms with Crippen LogP contribution in [0.5, 0.6) is 0 Å². The molecule has 0 radical (unpaired) electrons. The SMILES string of the molecule is CCc1ccc(C=O)cc1.CN1C(=O)NC(=O)C(C)(C2=CCCCC2)C1=O. The molecule has 1 N–H and O–H groups in total. The summed E-state index contributed by atoms with van der Waals surface area (Å²) in [6, 6.07) is 6.99. The fourth-order valence-electron chi connectivity index (χ4n) is 3.24. The van der Waals surface area contributed by atoms with Crippen LogP contribution in [0.2, 0.25) is 0 Å². The highest BCUT2D eigenvalue weighted by Crippen LogP contribution is 2.37. The maximum Gasteiger partial charge on any atom is 0.330 e. The minimum atomic E-state index is -1.21. The van der Waals surface area contributed by atoms with Crippen LogP contribution >= 0.6 is 0 Å². The van der Waals surface area contributed by atoms with Crippen molar-refractivity contribution in [1.82, 2.24) is 10.2 Å². The first-order valence-corrected chi connectivity index (χ1v) is 9.21. The van der Waals surface area contributed by atoms with E-state index in [0.717, 1.165) is 54.4 Å². The lowest BCUT2D eigenvalue weighted by molar-refractivity contribution is -0.146. The van der Waals surface area contributed by atoms with Gasteiger partial charge in [0.25, 0.3) is 0 Å². The summed E-state index contributed by atoms with van der Waals surface area (Å²) in [5.74, 6) is -0.932. The van der Waals surface area contributed by atoms with Crippen LogP contribution in [0.3, 0.4) is 0 Å². The molecular weight excluding hydrogens is 344 g/mol. The van der Waals surface area contributed by atoms with Crippen molar-refractivity contribution in [1.29, 1.82) is 0 Å². The molecule has 1 heterocycles. The Morgan fingerprint density at radius 2 is 1.81 bits per heavy atom. The van der Waals surface area contributed by atoms with Crippen molar-refractivity contribution < 1.29 is 19.2 Å². The number of amides is 4. The molecule has 1 aromatic rings. The maximum absolute atomic E-state index is 12.2. The van der Waals surface area contributed by atoms with Crippen LogP contribution < -0.4 is 5.32 Å². The number of barbiturate groups is 1. The lowest BCUT2D eigenvalue weighted by atomic mass is 9.74. The molecule has 0 bridgehead atoms. The van der Waals surface area contributed by atoms with Crippen LogP contribution in [0.15, 0.2) is 35.9 Å². The molecule has 6 nitrogen and oxygen atoms in total. The fourth-order valence-corrected chi connectivity index (χ4v) is 3.24. The van der Waals surface area contributed by atoms with E-state index in [4.69, 9.17) is 0 Å². The monoisotopic (exact) mass is 370 g/mol. The number of carbonyl (C=O) groups excluding carboxylic acids is 4. The molecule has 2 aliphatic rings. The zero-order valence-electron chi connectivity index (χ0n) is 16.1. The minimum absolute atomic E-state index is 0.431. The van der Waals surface area contributed by atoms with E-state index in [1.807, 2.05) is 30.3 Å². The number of rotatable bonds is 3. The molecule has 1 saturated heterocycles. The van der Waals surface area contributed by atoms with Crippen molar-refractivity contribution in [3.8, 4) is 0 Å². The Balaban J connectivity index is 0.000000223. The Kier molecular flexibility index (Phi) is 6.66. The quantitative estimate of drug-likeness (QED) is 0.503. The number of nitrogens with zero attached hydrogens (tertiary/aromatic N) is 1. The normalized spacial score (nSPS) is 22.4. The van der Waals surface area contributed by atoms with Gasteiger partial charge in [0.15, 0.2) is 0 Å². The molecule has 27 heavy (non-hydrogen) atoms. The van der Waals surface area contributed by atoms with E-state index in [0.29, 0.717) is 0 Å². The minimum Gasteiger partial charge on any atom is -0.298 e. The smallest absolute Gasteiger partial charge is 0.298 e. The number of carbonyl (C=O) groups is 4. The van der Waals surface area contributed by atoms with Gasteiger partial charge in [-0.25, -0.2) is 4.79 Å². The van der Waals surface area contributed by atoms with Gasteiger partial charge in [-0.3, -0.25) is 24.6 Å². The molecule has 6 heteroatoms. The number of benzene rings is 1. The van der Waals surface area contributed by atoms with Gasteiger partial charge in [-0.05, 0) is 50.2 Å². The van der Waals surface area contributed by atoms with Crippen LogP contribution in [-0.4, -0.2) is 36.1 Å². The van der Waals surface area contributed by atoms with Crippen molar-refractivity contribution in [3.63, 3.8) is 0 Å². The molecule has 1 atom stereocenters. The molecule has 0 saturated carbocycles. The summed E-state index contributed by atoms with van der Waals surface area (Å²) in [6.07, 6.45) is 7.56. The van der Waals surface area contributed by atoms with Crippen LogP contribution in [-0.2, 0) is 16.0 Å². The number of aldehydes is 1. The predicted molar refractivity (Wildman–Crippen MR) is 102 cm³/mol. The Morgan fingerprint density at radius 1 is 1.15 bits per heavy atom. The first-order valence-electron chi connectivity index (χ1n) is 9.21. The largest absolute Gasteiger partial charge is 0.330 e. The Hall–Kier alpha value is -2.76. The predicted octanol–water partition coefficient (Wildman–Crippen LogP) is 3.26. The molecule has 1 aliphatic carbocycles. The van der Waals surface area contributed by atoms with E-state index >= 15 is 0 Å². The van der Waals surface area contributed by atoms with Gasteiger partial charge >= 0.3 is 6.03 Å². The second-order valence-electron chi connectivity index (χ2n) is 6.94. The van der Waals surface area contributed by atoms with Crippen molar-refractivity contribution in [2.45, 2.75) is 46.0 Å². The molecule has 1 unspecified atom stereocenters. The third kappa shape index (κ3) is 4.32. The average molecular weight is 370 g/mol. The highest BCUT2D eigenvalue weighted by molar-refractivity contribution is 6.20. The van der Waals surface area contributed by atoms with Crippen LogP contribution in [0.1, 0.15) is 55.5 Å². The summed E-state index contributed by atoms with van der Waals surface area (Å²) in [5.41, 5.74) is 1.65. The van der Waals surface area contributed by atoms with Crippen molar-refractivity contribution in [2.75, 3.05) is 7.05 Å². The molecule has 144 valence electrons. The van der Waals surface area contributed by atoms with Gasteiger partial charge in [-0.1, -0.05) is 37.3 Å². The molecule has 3 rings (SSSR count). The highest BCUT2D eigenvalue weighted by atomic mass is 16.2. The zero-order valence-corrected chi connectivity index (χ0v) is 16.1. The Morgan fingerprint density at radius 3 is 2.33 bits per heavy atom. The van der Waals surface area contributed by atoms with Gasteiger partial charge in [0.1, 0.15) is 11.7 Å². The summed E-state index contributed by atoms with van der Waals surface area (Å²) in [5, 5.41) is 2.23. The van der Waals surface area contributed by atoms with Gasteiger partial charge in [0, 0.05) is 12.6 Å². The number of allylic oxidation sites excluding steroid dienone is 1. The number of aryl methyl sites for hydroxylation is 1. The number of urea groups is 1. The van der Waals surface area contributed by atoms with E-state index in [-0.39, 0.29) is 0 Å². The lowest BCUT2D eigenvalue weighted by Gasteiger charge is -2.37. The molecule has 4 amide bonds. The summed E-state index contributed by atoms with van der Waals surface area (Å²) >= 11 is 0. The summed E-state index contributed by atoms with van der Waals surface area (Å²) in [4.78, 5) is 46.7. The number of hydrogen-bond donors (Lipinski definition) is 1.